The Labute approximate surface area is 135 Å². The molecule has 2 aliphatic rings. The average Bonchev–Trinajstić information content (AvgIpc) is 3.10. The van der Waals surface area contributed by atoms with Crippen molar-refractivity contribution in [2.75, 3.05) is 11.9 Å². The summed E-state index contributed by atoms with van der Waals surface area (Å²) < 4.78 is 5.09. The fourth-order valence-electron chi connectivity index (χ4n) is 3.78. The van der Waals surface area contributed by atoms with Crippen molar-refractivity contribution < 1.29 is 14.3 Å². The molecule has 0 saturated heterocycles. The van der Waals surface area contributed by atoms with E-state index in [0.29, 0.717) is 29.0 Å². The quantitative estimate of drug-likeness (QED) is 0.842. The summed E-state index contributed by atoms with van der Waals surface area (Å²) >= 11 is 5.78. The van der Waals surface area contributed by atoms with Gasteiger partial charge in [0.1, 0.15) is 0 Å². The number of carbonyl (C=O) groups is 2. The monoisotopic (exact) mass is 321 g/mol. The molecule has 2 aliphatic carbocycles. The molecule has 2 bridgehead atoms. The zero-order valence-electron chi connectivity index (χ0n) is 12.4. The third-order valence-electron chi connectivity index (χ3n) is 4.81. The van der Waals surface area contributed by atoms with E-state index in [9.17, 15) is 9.59 Å². The number of benzene rings is 1. The predicted molar refractivity (Wildman–Crippen MR) is 84.6 cm³/mol. The Morgan fingerprint density at radius 3 is 2.59 bits per heavy atom. The summed E-state index contributed by atoms with van der Waals surface area (Å²) in [5.41, 5.74) is 0.638. The first kappa shape index (κ1) is 15.3. The van der Waals surface area contributed by atoms with Gasteiger partial charge in [0, 0.05) is 17.1 Å². The molecular weight excluding hydrogens is 302 g/mol. The maximum absolute atomic E-state index is 11.9. The fourth-order valence-corrected chi connectivity index (χ4v) is 3.90. The maximum Gasteiger partial charge on any atom is 0.306 e. The van der Waals surface area contributed by atoms with Crippen molar-refractivity contribution in [1.29, 1.82) is 0 Å². The summed E-state index contributed by atoms with van der Waals surface area (Å²) in [5, 5.41) is 3.28. The van der Waals surface area contributed by atoms with E-state index in [1.165, 1.54) is 19.3 Å². The molecule has 22 heavy (non-hydrogen) atoms. The van der Waals surface area contributed by atoms with Gasteiger partial charge in [-0.2, -0.15) is 0 Å². The fraction of sp³-hybridized carbons (Fsp3) is 0.529. The molecular formula is C17H20ClNO3. The van der Waals surface area contributed by atoms with Crippen molar-refractivity contribution in [2.45, 2.75) is 32.1 Å². The van der Waals surface area contributed by atoms with Crippen LogP contribution >= 0.6 is 11.6 Å². The molecule has 1 aromatic rings. The molecule has 0 heterocycles. The van der Waals surface area contributed by atoms with Crippen LogP contribution in [0.5, 0.6) is 0 Å². The normalized spacial score (nSPS) is 26.0. The van der Waals surface area contributed by atoms with Crippen molar-refractivity contribution in [3.8, 4) is 0 Å². The highest BCUT2D eigenvalue weighted by atomic mass is 35.5. The second-order valence-electron chi connectivity index (χ2n) is 6.35. The Hall–Kier alpha value is -1.55. The van der Waals surface area contributed by atoms with E-state index in [4.69, 9.17) is 16.3 Å². The summed E-state index contributed by atoms with van der Waals surface area (Å²) in [4.78, 5) is 23.6. The molecule has 0 aromatic heterocycles. The Morgan fingerprint density at radius 2 is 1.95 bits per heavy atom. The third-order valence-corrected chi connectivity index (χ3v) is 5.06. The number of esters is 1. The Bertz CT molecular complexity index is 558. The molecule has 1 amide bonds. The van der Waals surface area contributed by atoms with Crippen LogP contribution < -0.4 is 5.32 Å². The lowest BCUT2D eigenvalue weighted by atomic mass is 9.86. The van der Waals surface area contributed by atoms with Crippen molar-refractivity contribution in [2.24, 2.45) is 17.8 Å². The summed E-state index contributed by atoms with van der Waals surface area (Å²) in [5.74, 6) is 1.38. The molecule has 1 N–H and O–H groups in total. The molecule has 3 rings (SSSR count). The lowest BCUT2D eigenvalue weighted by Gasteiger charge is -2.20. The summed E-state index contributed by atoms with van der Waals surface area (Å²) in [7, 11) is 0. The summed E-state index contributed by atoms with van der Waals surface area (Å²) in [6.45, 7) is -0.234. The maximum atomic E-state index is 11.9. The number of hydrogen-bond donors (Lipinski definition) is 1. The van der Waals surface area contributed by atoms with Crippen LogP contribution in [0.1, 0.15) is 32.1 Å². The Kier molecular flexibility index (Phi) is 4.67. The SMILES string of the molecule is O=C(COC(=O)C[C@H]1C[C@@H]2CC[C@@H]1C2)Nc1ccc(Cl)cc1. The van der Waals surface area contributed by atoms with Gasteiger partial charge in [-0.3, -0.25) is 9.59 Å². The van der Waals surface area contributed by atoms with Gasteiger partial charge in [-0.25, -0.2) is 0 Å². The van der Waals surface area contributed by atoms with E-state index in [-0.39, 0.29) is 18.5 Å². The van der Waals surface area contributed by atoms with Crippen LogP contribution in [0.4, 0.5) is 5.69 Å². The number of ether oxygens (including phenoxy) is 1. The topological polar surface area (TPSA) is 55.4 Å². The predicted octanol–water partition coefficient (Wildman–Crippen LogP) is 3.65. The zero-order chi connectivity index (χ0) is 15.5. The van der Waals surface area contributed by atoms with Gasteiger partial charge in [0.2, 0.25) is 0 Å². The van der Waals surface area contributed by atoms with Crippen LogP contribution in [0, 0.1) is 17.8 Å². The van der Waals surface area contributed by atoms with Gasteiger partial charge < -0.3 is 10.1 Å². The Balaban J connectivity index is 1.39. The van der Waals surface area contributed by atoms with Gasteiger partial charge in [0.25, 0.3) is 5.91 Å². The van der Waals surface area contributed by atoms with Gasteiger partial charge >= 0.3 is 5.97 Å². The Morgan fingerprint density at radius 1 is 1.18 bits per heavy atom. The summed E-state index contributed by atoms with van der Waals surface area (Å²) in [6, 6.07) is 6.80. The highest BCUT2D eigenvalue weighted by molar-refractivity contribution is 6.30. The molecule has 0 unspecified atom stereocenters. The first-order valence-electron chi connectivity index (χ1n) is 7.81. The van der Waals surface area contributed by atoms with E-state index in [0.717, 1.165) is 12.3 Å². The number of nitrogens with one attached hydrogen (secondary N) is 1. The molecule has 118 valence electrons. The van der Waals surface area contributed by atoms with E-state index in [2.05, 4.69) is 5.32 Å². The number of amides is 1. The lowest BCUT2D eigenvalue weighted by molar-refractivity contribution is -0.148. The van der Waals surface area contributed by atoms with Crippen molar-refractivity contribution in [1.82, 2.24) is 0 Å². The van der Waals surface area contributed by atoms with Gasteiger partial charge in [0.05, 0.1) is 0 Å². The molecule has 2 saturated carbocycles. The van der Waals surface area contributed by atoms with Crippen LogP contribution in [0.3, 0.4) is 0 Å². The second-order valence-corrected chi connectivity index (χ2v) is 6.79. The minimum atomic E-state index is -0.330. The van der Waals surface area contributed by atoms with Crippen LogP contribution in [0.25, 0.3) is 0 Å². The van der Waals surface area contributed by atoms with Crippen molar-refractivity contribution in [3.05, 3.63) is 29.3 Å². The van der Waals surface area contributed by atoms with E-state index in [1.807, 2.05) is 0 Å². The second kappa shape index (κ2) is 6.69. The average molecular weight is 322 g/mol. The van der Waals surface area contributed by atoms with Crippen LogP contribution in [0.2, 0.25) is 5.02 Å². The molecule has 5 heteroatoms. The number of fused-ring (bicyclic) bond motifs is 2. The highest BCUT2D eigenvalue weighted by Gasteiger charge is 2.40. The molecule has 0 spiro atoms. The molecule has 1 aromatic carbocycles. The highest BCUT2D eigenvalue weighted by Crippen LogP contribution is 2.49. The van der Waals surface area contributed by atoms with Gasteiger partial charge in [0.15, 0.2) is 6.61 Å². The van der Waals surface area contributed by atoms with Crippen LogP contribution in [0.15, 0.2) is 24.3 Å². The summed E-state index contributed by atoms with van der Waals surface area (Å²) in [6.07, 6.45) is 5.44. The minimum Gasteiger partial charge on any atom is -0.456 e. The van der Waals surface area contributed by atoms with Crippen LogP contribution in [-0.4, -0.2) is 18.5 Å². The smallest absolute Gasteiger partial charge is 0.306 e. The minimum absolute atomic E-state index is 0.234. The number of carbonyl (C=O) groups excluding carboxylic acids is 2. The molecule has 4 nitrogen and oxygen atoms in total. The number of hydrogen-bond acceptors (Lipinski definition) is 3. The number of anilines is 1. The standard InChI is InChI=1S/C17H20ClNO3/c18-14-3-5-15(6-4-14)19-16(20)10-22-17(21)9-13-8-11-1-2-12(13)7-11/h3-6,11-13H,1-2,7-10H2,(H,19,20)/t11-,12-,13-/m1/s1. The largest absolute Gasteiger partial charge is 0.456 e. The van der Waals surface area contributed by atoms with E-state index in [1.54, 1.807) is 24.3 Å². The van der Waals surface area contributed by atoms with Gasteiger partial charge in [-0.05, 0) is 61.3 Å². The molecule has 0 aliphatic heterocycles. The van der Waals surface area contributed by atoms with Crippen molar-refractivity contribution in [3.63, 3.8) is 0 Å². The number of rotatable bonds is 5. The number of halogens is 1. The lowest BCUT2D eigenvalue weighted by Crippen LogP contribution is -2.23. The third kappa shape index (κ3) is 3.80. The van der Waals surface area contributed by atoms with Gasteiger partial charge in [-0.1, -0.05) is 18.0 Å². The van der Waals surface area contributed by atoms with Gasteiger partial charge in [-0.15, -0.1) is 0 Å². The first-order valence-corrected chi connectivity index (χ1v) is 8.19. The van der Waals surface area contributed by atoms with E-state index < -0.39 is 0 Å². The van der Waals surface area contributed by atoms with Crippen LogP contribution in [-0.2, 0) is 14.3 Å². The first-order chi connectivity index (χ1) is 10.6. The molecule has 2 fully saturated rings. The van der Waals surface area contributed by atoms with E-state index >= 15 is 0 Å². The molecule has 0 radical (unpaired) electrons. The molecule has 3 atom stereocenters. The zero-order valence-corrected chi connectivity index (χ0v) is 13.1. The van der Waals surface area contributed by atoms with Crippen molar-refractivity contribution >= 4 is 29.2 Å².